The molecule has 4 nitrogen and oxygen atoms in total. The van der Waals surface area contributed by atoms with Gasteiger partial charge in [-0.3, -0.25) is 9.36 Å². The summed E-state index contributed by atoms with van der Waals surface area (Å²) in [4.78, 5) is 11.4. The topological polar surface area (TPSA) is 40.5 Å². The average Bonchev–Trinajstić information content (AvgIpc) is 2.69. The third kappa shape index (κ3) is 1.52. The van der Waals surface area contributed by atoms with Crippen LogP contribution in [0.2, 0.25) is 0 Å². The molecule has 0 amide bonds. The van der Waals surface area contributed by atoms with Crippen molar-refractivity contribution in [3.05, 3.63) is 24.4 Å². The Hall–Kier alpha value is -1.97. The van der Waals surface area contributed by atoms with Gasteiger partial charge in [0.2, 0.25) is 5.91 Å². The number of carbonyl (C=O) groups is 1. The summed E-state index contributed by atoms with van der Waals surface area (Å²) >= 11 is 0. The monoisotopic (exact) mass is 219 g/mol. The number of carbonyl (C=O) groups excluding carboxylic acids is 1. The van der Waals surface area contributed by atoms with E-state index in [0.29, 0.717) is 11.5 Å². The summed E-state index contributed by atoms with van der Waals surface area (Å²) in [5.41, 5.74) is 0.824. The number of aromatic nitrogens is 1. The highest BCUT2D eigenvalue weighted by Gasteiger charge is 2.10. The first-order chi connectivity index (χ1) is 7.67. The Morgan fingerprint density at radius 1 is 1.19 bits per heavy atom. The van der Waals surface area contributed by atoms with E-state index in [0.717, 1.165) is 10.9 Å². The first-order valence-corrected chi connectivity index (χ1v) is 4.91. The Kier molecular flexibility index (Phi) is 2.56. The van der Waals surface area contributed by atoms with E-state index in [1.54, 1.807) is 31.0 Å². The van der Waals surface area contributed by atoms with Gasteiger partial charge < -0.3 is 9.47 Å². The lowest BCUT2D eigenvalue weighted by atomic mass is 10.2. The molecule has 0 aliphatic heterocycles. The zero-order valence-electron chi connectivity index (χ0n) is 9.48. The standard InChI is InChI=1S/C12H13NO3/c1-8(14)13-5-4-9-6-11(15-2)12(16-3)7-10(9)13/h4-7H,1-3H3. The van der Waals surface area contributed by atoms with Crippen LogP contribution in [0.5, 0.6) is 11.5 Å². The lowest BCUT2D eigenvalue weighted by molar-refractivity contribution is 0.0941. The summed E-state index contributed by atoms with van der Waals surface area (Å²) in [7, 11) is 3.16. The van der Waals surface area contributed by atoms with E-state index >= 15 is 0 Å². The SMILES string of the molecule is COc1cc2ccn(C(C)=O)c2cc1OC. The van der Waals surface area contributed by atoms with Crippen LogP contribution in [0.4, 0.5) is 0 Å². The van der Waals surface area contributed by atoms with Crippen LogP contribution in [0.3, 0.4) is 0 Å². The number of hydrogen-bond acceptors (Lipinski definition) is 3. The van der Waals surface area contributed by atoms with Crippen molar-refractivity contribution in [2.45, 2.75) is 6.92 Å². The molecule has 2 rings (SSSR count). The van der Waals surface area contributed by atoms with Gasteiger partial charge in [-0.1, -0.05) is 0 Å². The highest BCUT2D eigenvalue weighted by molar-refractivity contribution is 5.93. The maximum Gasteiger partial charge on any atom is 0.227 e. The minimum atomic E-state index is -0.0257. The van der Waals surface area contributed by atoms with Crippen molar-refractivity contribution >= 4 is 16.8 Å². The second-order valence-corrected chi connectivity index (χ2v) is 3.47. The Morgan fingerprint density at radius 2 is 1.81 bits per heavy atom. The fourth-order valence-corrected chi connectivity index (χ4v) is 1.74. The molecule has 0 atom stereocenters. The van der Waals surface area contributed by atoms with E-state index in [9.17, 15) is 4.79 Å². The second kappa shape index (κ2) is 3.89. The van der Waals surface area contributed by atoms with Crippen LogP contribution in [-0.4, -0.2) is 24.7 Å². The molecule has 0 fully saturated rings. The molecule has 84 valence electrons. The number of fused-ring (bicyclic) bond motifs is 1. The Bertz CT molecular complexity index is 542. The number of ether oxygens (including phenoxy) is 2. The Labute approximate surface area is 93.4 Å². The summed E-state index contributed by atoms with van der Waals surface area (Å²) in [6.45, 7) is 1.52. The molecule has 0 radical (unpaired) electrons. The third-order valence-corrected chi connectivity index (χ3v) is 2.53. The molecule has 0 saturated heterocycles. The van der Waals surface area contributed by atoms with Gasteiger partial charge in [-0.2, -0.15) is 0 Å². The molecule has 0 bridgehead atoms. The second-order valence-electron chi connectivity index (χ2n) is 3.47. The number of rotatable bonds is 2. The quantitative estimate of drug-likeness (QED) is 0.778. The molecule has 0 aliphatic carbocycles. The summed E-state index contributed by atoms with van der Waals surface area (Å²) in [5.74, 6) is 1.26. The molecule has 0 unspecified atom stereocenters. The van der Waals surface area contributed by atoms with Crippen molar-refractivity contribution < 1.29 is 14.3 Å². The Morgan fingerprint density at radius 3 is 2.38 bits per heavy atom. The zero-order chi connectivity index (χ0) is 11.7. The largest absolute Gasteiger partial charge is 0.493 e. The smallest absolute Gasteiger partial charge is 0.227 e. The van der Waals surface area contributed by atoms with E-state index in [1.807, 2.05) is 12.1 Å². The minimum Gasteiger partial charge on any atom is -0.493 e. The first-order valence-electron chi connectivity index (χ1n) is 4.91. The number of benzene rings is 1. The maximum absolute atomic E-state index is 11.4. The summed E-state index contributed by atoms with van der Waals surface area (Å²) in [6.07, 6.45) is 1.74. The van der Waals surface area contributed by atoms with Crippen molar-refractivity contribution in [3.63, 3.8) is 0 Å². The Balaban J connectivity index is 2.71. The highest BCUT2D eigenvalue weighted by Crippen LogP contribution is 2.32. The lowest BCUT2D eigenvalue weighted by Gasteiger charge is -2.08. The molecule has 2 aromatic rings. The van der Waals surface area contributed by atoms with Crippen LogP contribution < -0.4 is 9.47 Å². The molecule has 0 spiro atoms. The minimum absolute atomic E-state index is 0.0257. The normalized spacial score (nSPS) is 10.4. The fourth-order valence-electron chi connectivity index (χ4n) is 1.74. The molecule has 4 heteroatoms. The molecule has 0 aliphatic rings. The van der Waals surface area contributed by atoms with E-state index in [-0.39, 0.29) is 5.91 Å². The van der Waals surface area contributed by atoms with E-state index in [4.69, 9.17) is 9.47 Å². The van der Waals surface area contributed by atoms with Gasteiger partial charge in [0, 0.05) is 24.6 Å². The lowest BCUT2D eigenvalue weighted by Crippen LogP contribution is -2.03. The molecule has 1 aromatic carbocycles. The highest BCUT2D eigenvalue weighted by atomic mass is 16.5. The van der Waals surface area contributed by atoms with E-state index in [1.165, 1.54) is 6.92 Å². The molecule has 1 aromatic heterocycles. The van der Waals surface area contributed by atoms with Crippen molar-refractivity contribution in [1.82, 2.24) is 4.57 Å². The number of hydrogen-bond donors (Lipinski definition) is 0. The van der Waals surface area contributed by atoms with Gasteiger partial charge in [0.1, 0.15) is 0 Å². The molecular formula is C12H13NO3. The van der Waals surface area contributed by atoms with Crippen molar-refractivity contribution in [1.29, 1.82) is 0 Å². The number of nitrogens with zero attached hydrogens (tertiary/aromatic N) is 1. The van der Waals surface area contributed by atoms with Gasteiger partial charge in [0.05, 0.1) is 19.7 Å². The van der Waals surface area contributed by atoms with Crippen molar-refractivity contribution in [2.75, 3.05) is 14.2 Å². The van der Waals surface area contributed by atoms with Gasteiger partial charge in [0.25, 0.3) is 0 Å². The van der Waals surface area contributed by atoms with E-state index in [2.05, 4.69) is 0 Å². The molecule has 16 heavy (non-hydrogen) atoms. The molecule has 1 heterocycles. The van der Waals surface area contributed by atoms with Crippen molar-refractivity contribution in [3.8, 4) is 11.5 Å². The van der Waals surface area contributed by atoms with Crippen LogP contribution in [0, 0.1) is 0 Å². The van der Waals surface area contributed by atoms with Crippen LogP contribution in [0.15, 0.2) is 24.4 Å². The van der Waals surface area contributed by atoms with Crippen molar-refractivity contribution in [2.24, 2.45) is 0 Å². The van der Waals surface area contributed by atoms with Gasteiger partial charge in [-0.05, 0) is 12.1 Å². The summed E-state index contributed by atoms with van der Waals surface area (Å²) in [6, 6.07) is 5.53. The fraction of sp³-hybridized carbons (Fsp3) is 0.250. The van der Waals surface area contributed by atoms with Gasteiger partial charge >= 0.3 is 0 Å². The predicted molar refractivity (Wildman–Crippen MR) is 61.3 cm³/mol. The summed E-state index contributed by atoms with van der Waals surface area (Å²) in [5, 5.41) is 0.952. The number of methoxy groups -OCH3 is 2. The van der Waals surface area contributed by atoms with Crippen LogP contribution in [-0.2, 0) is 0 Å². The summed E-state index contributed by atoms with van der Waals surface area (Å²) < 4.78 is 12.0. The first kappa shape index (κ1) is 10.5. The molecule has 0 N–H and O–H groups in total. The van der Waals surface area contributed by atoms with E-state index < -0.39 is 0 Å². The third-order valence-electron chi connectivity index (χ3n) is 2.53. The molecular weight excluding hydrogens is 206 g/mol. The average molecular weight is 219 g/mol. The predicted octanol–water partition coefficient (Wildman–Crippen LogP) is 2.32. The van der Waals surface area contributed by atoms with Crippen LogP contribution in [0.25, 0.3) is 10.9 Å². The molecule has 0 saturated carbocycles. The van der Waals surface area contributed by atoms with Gasteiger partial charge in [0.15, 0.2) is 11.5 Å². The van der Waals surface area contributed by atoms with Gasteiger partial charge in [-0.25, -0.2) is 0 Å². The maximum atomic E-state index is 11.4. The van der Waals surface area contributed by atoms with Crippen LogP contribution >= 0.6 is 0 Å². The van der Waals surface area contributed by atoms with Gasteiger partial charge in [-0.15, -0.1) is 0 Å². The van der Waals surface area contributed by atoms with Crippen LogP contribution in [0.1, 0.15) is 11.7 Å². The zero-order valence-corrected chi connectivity index (χ0v) is 9.48.